The highest BCUT2D eigenvalue weighted by atomic mass is 16.7. The molecule has 4 N–H and O–H groups in total. The van der Waals surface area contributed by atoms with Gasteiger partial charge in [0.25, 0.3) is 0 Å². The summed E-state index contributed by atoms with van der Waals surface area (Å²) in [5.74, 6) is -1.36. The smallest absolute Gasteiger partial charge is 0.333 e. The van der Waals surface area contributed by atoms with Crippen molar-refractivity contribution in [3.63, 3.8) is 0 Å². The Morgan fingerprint density at radius 2 is 1.28 bits per heavy atom. The molecule has 0 atom stereocenters. The maximum Gasteiger partial charge on any atom is 0.333 e. The lowest BCUT2D eigenvalue weighted by atomic mass is 10.2. The summed E-state index contributed by atoms with van der Waals surface area (Å²) < 4.78 is 15.2. The van der Waals surface area contributed by atoms with E-state index in [1.165, 1.54) is 24.3 Å². The van der Waals surface area contributed by atoms with Gasteiger partial charge in [0.15, 0.2) is 18.0 Å². The first kappa shape index (κ1) is 31.8. The summed E-state index contributed by atoms with van der Waals surface area (Å²) in [4.78, 5) is 38.3. The molecule has 242 valence electrons. The van der Waals surface area contributed by atoms with Gasteiger partial charge in [-0.3, -0.25) is 0 Å². The zero-order valence-electron chi connectivity index (χ0n) is 24.9. The van der Waals surface area contributed by atoms with Gasteiger partial charge in [0, 0.05) is 67.3 Å². The molecule has 14 heteroatoms. The van der Waals surface area contributed by atoms with Gasteiger partial charge in [0.05, 0.1) is 6.61 Å². The number of oxazole rings is 1. The summed E-state index contributed by atoms with van der Waals surface area (Å²) in [5, 5.41) is 38.1. The number of benzene rings is 1. The fraction of sp³-hybridized carbons (Fsp3) is 0.312. The van der Waals surface area contributed by atoms with E-state index >= 15 is 0 Å². The van der Waals surface area contributed by atoms with Gasteiger partial charge < -0.3 is 39.3 Å². The van der Waals surface area contributed by atoms with Gasteiger partial charge in [-0.25, -0.2) is 19.1 Å². The van der Waals surface area contributed by atoms with E-state index in [0.29, 0.717) is 58.1 Å². The first-order valence-corrected chi connectivity index (χ1v) is 14.9. The molecule has 4 aromatic heterocycles. The van der Waals surface area contributed by atoms with E-state index in [9.17, 15) is 30.0 Å². The second-order valence-electron chi connectivity index (χ2n) is 10.6. The molecule has 0 unspecified atom stereocenters. The van der Waals surface area contributed by atoms with Gasteiger partial charge >= 0.3 is 11.9 Å². The average Bonchev–Trinajstić information content (AvgIpc) is 3.71. The van der Waals surface area contributed by atoms with Crippen LogP contribution in [0.5, 0.6) is 29.3 Å². The highest BCUT2D eigenvalue weighted by Gasteiger charge is 2.14. The standard InChI is InChI=1S/C32H34N4O10/c37-26-11-12-27(38)35(26)45-30(41)7-3-1-5-17-34-18-15-22(16-19-34)32-33-24-10-9-23(21-25(24)44-32)43-20-6-2-4-8-31(42)46-36-28(39)13-14-29(36)40/h9-16,18-19,21,33H,1-8,17,20H2,(H2,37,38,39,40)/p+1. The Bertz CT molecular complexity index is 1730. The van der Waals surface area contributed by atoms with Crippen LogP contribution in [0.4, 0.5) is 0 Å². The summed E-state index contributed by atoms with van der Waals surface area (Å²) in [6.45, 7) is 1.21. The van der Waals surface area contributed by atoms with Gasteiger partial charge in [0.1, 0.15) is 17.8 Å². The van der Waals surface area contributed by atoms with Crippen molar-refractivity contribution in [2.45, 2.75) is 57.9 Å². The van der Waals surface area contributed by atoms with E-state index in [0.717, 1.165) is 31.4 Å². The van der Waals surface area contributed by atoms with Crippen molar-refractivity contribution in [2.75, 3.05) is 6.61 Å². The number of hydrogen-bond acceptors (Lipinski definition) is 11. The number of ether oxygens (including phenoxy) is 1. The number of unbranched alkanes of at least 4 members (excludes halogenated alkanes) is 4. The van der Waals surface area contributed by atoms with Gasteiger partial charge in [-0.1, -0.05) is 0 Å². The van der Waals surface area contributed by atoms with Crippen molar-refractivity contribution in [1.29, 1.82) is 0 Å². The molecule has 0 fully saturated rings. The second-order valence-corrected chi connectivity index (χ2v) is 10.6. The van der Waals surface area contributed by atoms with E-state index in [1.54, 1.807) is 6.07 Å². The van der Waals surface area contributed by atoms with Crippen LogP contribution in [0, 0.1) is 0 Å². The number of nitrogens with zero attached hydrogens (tertiary/aromatic N) is 4. The molecule has 0 amide bonds. The molecular weight excluding hydrogens is 600 g/mol. The molecule has 0 saturated carbocycles. The van der Waals surface area contributed by atoms with Crippen LogP contribution in [0.1, 0.15) is 51.4 Å². The van der Waals surface area contributed by atoms with Gasteiger partial charge in [0.2, 0.25) is 29.4 Å². The van der Waals surface area contributed by atoms with Gasteiger partial charge in [-0.15, -0.1) is 9.46 Å². The Labute approximate surface area is 263 Å². The Morgan fingerprint density at radius 1 is 0.717 bits per heavy atom. The maximum absolute atomic E-state index is 11.9. The SMILES string of the molecule is O=C(CCCCCOc1ccc2nc(-c3cc[n+](CCCCCC(=O)On4c(O)ccc4O)cc3)oc2c1)On1c(O)ccc1O. The van der Waals surface area contributed by atoms with Crippen LogP contribution in [-0.2, 0) is 16.1 Å². The maximum atomic E-state index is 11.9. The molecule has 46 heavy (non-hydrogen) atoms. The average molecular weight is 636 g/mol. The summed E-state index contributed by atoms with van der Waals surface area (Å²) in [6, 6.07) is 14.2. The quantitative estimate of drug-likeness (QED) is 0.0908. The minimum atomic E-state index is -0.560. The summed E-state index contributed by atoms with van der Waals surface area (Å²) in [5.41, 5.74) is 2.14. The molecule has 0 aliphatic carbocycles. The van der Waals surface area contributed by atoms with E-state index in [-0.39, 0.29) is 36.4 Å². The van der Waals surface area contributed by atoms with E-state index in [4.69, 9.17) is 18.8 Å². The van der Waals surface area contributed by atoms with Crippen molar-refractivity contribution >= 4 is 23.0 Å². The molecule has 14 nitrogen and oxygen atoms in total. The first-order chi connectivity index (χ1) is 22.3. The number of pyridine rings is 1. The van der Waals surface area contributed by atoms with Crippen LogP contribution >= 0.6 is 0 Å². The van der Waals surface area contributed by atoms with Crippen molar-refractivity contribution in [3.05, 3.63) is 67.0 Å². The topological polar surface area (TPSA) is 183 Å². The Hall–Kier alpha value is -5.66. The largest absolute Gasteiger partial charge is 0.493 e. The van der Waals surface area contributed by atoms with Crippen LogP contribution < -0.4 is 19.0 Å². The second kappa shape index (κ2) is 14.9. The van der Waals surface area contributed by atoms with Crippen molar-refractivity contribution in [3.8, 4) is 40.7 Å². The number of aromatic hydroxyl groups is 4. The van der Waals surface area contributed by atoms with Crippen molar-refractivity contribution in [2.24, 2.45) is 0 Å². The third-order valence-electron chi connectivity index (χ3n) is 7.07. The third-order valence-corrected chi connectivity index (χ3v) is 7.07. The number of aryl methyl sites for hydroxylation is 1. The van der Waals surface area contributed by atoms with E-state index < -0.39 is 11.9 Å². The molecule has 0 radical (unpaired) electrons. The number of hydrogen-bond donors (Lipinski definition) is 4. The van der Waals surface area contributed by atoms with Crippen molar-refractivity contribution < 1.29 is 53.4 Å². The number of carbonyl (C=O) groups excluding carboxylic acids is 2. The van der Waals surface area contributed by atoms with E-state index in [1.807, 2.05) is 41.2 Å². The number of carbonyl (C=O) groups is 2. The summed E-state index contributed by atoms with van der Waals surface area (Å²) >= 11 is 0. The fourth-order valence-electron chi connectivity index (χ4n) is 4.63. The van der Waals surface area contributed by atoms with Crippen LogP contribution in [0.2, 0.25) is 0 Å². The Balaban J connectivity index is 0.997. The lowest BCUT2D eigenvalue weighted by Gasteiger charge is -2.07. The predicted molar refractivity (Wildman–Crippen MR) is 161 cm³/mol. The summed E-state index contributed by atoms with van der Waals surface area (Å²) in [7, 11) is 0. The lowest BCUT2D eigenvalue weighted by Crippen LogP contribution is -2.32. The third kappa shape index (κ3) is 8.28. The first-order valence-electron chi connectivity index (χ1n) is 14.9. The fourth-order valence-corrected chi connectivity index (χ4v) is 4.63. The molecular formula is C32H35N4O10+. The molecule has 5 rings (SSSR count). The van der Waals surface area contributed by atoms with Crippen molar-refractivity contribution in [1.82, 2.24) is 14.4 Å². The lowest BCUT2D eigenvalue weighted by molar-refractivity contribution is -0.697. The molecule has 0 aliphatic heterocycles. The molecule has 0 saturated heterocycles. The number of aromatic nitrogens is 4. The van der Waals surface area contributed by atoms with Crippen LogP contribution in [-0.4, -0.2) is 53.4 Å². The van der Waals surface area contributed by atoms with Crippen LogP contribution in [0.25, 0.3) is 22.6 Å². The molecule has 1 aromatic carbocycles. The van der Waals surface area contributed by atoms with Gasteiger partial charge in [-0.2, -0.15) is 0 Å². The highest BCUT2D eigenvalue weighted by molar-refractivity contribution is 5.77. The normalized spacial score (nSPS) is 11.1. The molecule has 0 spiro atoms. The highest BCUT2D eigenvalue weighted by Crippen LogP contribution is 2.27. The van der Waals surface area contributed by atoms with Crippen LogP contribution in [0.3, 0.4) is 0 Å². The van der Waals surface area contributed by atoms with Gasteiger partial charge in [-0.05, 0) is 44.2 Å². The Kier molecular flexibility index (Phi) is 10.3. The molecule has 0 bridgehead atoms. The van der Waals surface area contributed by atoms with Crippen LogP contribution in [0.15, 0.2) is 71.4 Å². The van der Waals surface area contributed by atoms with E-state index in [2.05, 4.69) is 4.98 Å². The molecule has 5 aromatic rings. The monoisotopic (exact) mass is 635 g/mol. The predicted octanol–water partition coefficient (Wildman–Crippen LogP) is 4.02. The minimum Gasteiger partial charge on any atom is -0.493 e. The summed E-state index contributed by atoms with van der Waals surface area (Å²) in [6.07, 6.45) is 8.45. The number of rotatable bonds is 16. The Morgan fingerprint density at radius 3 is 1.87 bits per heavy atom. The molecule has 0 aliphatic rings. The zero-order valence-corrected chi connectivity index (χ0v) is 24.9. The minimum absolute atomic E-state index is 0.137. The zero-order chi connectivity index (χ0) is 32.5. The molecule has 4 heterocycles. The number of fused-ring (bicyclic) bond motifs is 1.